The minimum Gasteiger partial charge on any atom is -0.497 e. The van der Waals surface area contributed by atoms with E-state index in [1.165, 1.54) is 12.8 Å². The van der Waals surface area contributed by atoms with Gasteiger partial charge in [0.05, 0.1) is 63.1 Å². The monoisotopic (exact) mass is 678 g/mol. The smallest absolute Gasteiger partial charge is 0.261 e. The molecule has 2 unspecified atom stereocenters. The summed E-state index contributed by atoms with van der Waals surface area (Å²) in [5, 5.41) is 3.52. The molecule has 2 amide bonds. The number of nitrogens with one attached hydrogen (secondary N) is 1. The molecular weight excluding hydrogens is 636 g/mol. The summed E-state index contributed by atoms with van der Waals surface area (Å²) in [6.45, 7) is 1.79. The summed E-state index contributed by atoms with van der Waals surface area (Å²) < 4.78 is 28.8. The SMILES string of the molecule is COc1ccc(C2=CN3C(=O)c4cc(OC)c(OCCCCCOc5cc6c(cc5OC)C(=O)N5CC7(CC7)CC5C=N6)cc4NC3C2)cc1. The van der Waals surface area contributed by atoms with Crippen molar-refractivity contribution >= 4 is 35.0 Å². The van der Waals surface area contributed by atoms with E-state index in [1.807, 2.05) is 53.7 Å². The van der Waals surface area contributed by atoms with E-state index in [9.17, 15) is 9.59 Å². The zero-order valence-electron chi connectivity index (χ0n) is 28.7. The lowest BCUT2D eigenvalue weighted by Crippen LogP contribution is -2.42. The van der Waals surface area contributed by atoms with Gasteiger partial charge in [0.2, 0.25) is 0 Å². The molecule has 4 heterocycles. The lowest BCUT2D eigenvalue weighted by Gasteiger charge is -2.32. The second kappa shape index (κ2) is 12.9. The number of fused-ring (bicyclic) bond motifs is 4. The number of anilines is 1. The van der Waals surface area contributed by atoms with Crippen LogP contribution in [0.1, 0.15) is 71.2 Å². The van der Waals surface area contributed by atoms with E-state index in [-0.39, 0.29) is 24.0 Å². The standard InChI is InChI=1S/C39H42N4O7/c1-46-27-9-7-24(8-10-27)25-15-36-41-31-19-35(33(48-3)17-29(31)37(44)42(36)22-25)50-14-6-4-5-13-49-34-18-30-28(16-32(34)47-2)38(45)43-23-39(11-12-39)20-26(43)21-40-30/h7-10,16-19,21-22,26,36,41H,4-6,11-15,20,23H2,1-3H3. The number of carbonyl (C=O) groups excluding carboxylic acids is 2. The van der Waals surface area contributed by atoms with Gasteiger partial charge in [-0.05, 0) is 79.3 Å². The molecule has 1 N–H and O–H groups in total. The highest BCUT2D eigenvalue weighted by Crippen LogP contribution is 2.55. The molecule has 0 bridgehead atoms. The van der Waals surface area contributed by atoms with Crippen LogP contribution in [0.4, 0.5) is 11.4 Å². The highest BCUT2D eigenvalue weighted by molar-refractivity contribution is 6.05. The molecule has 0 aromatic heterocycles. The molecule has 0 radical (unpaired) electrons. The topological polar surface area (TPSA) is 111 Å². The molecule has 8 rings (SSSR count). The average Bonchev–Trinajstić information content (AvgIpc) is 3.63. The molecule has 3 aromatic carbocycles. The largest absolute Gasteiger partial charge is 0.497 e. The second-order valence-corrected chi connectivity index (χ2v) is 13.8. The molecule has 4 aliphatic heterocycles. The predicted molar refractivity (Wildman–Crippen MR) is 189 cm³/mol. The summed E-state index contributed by atoms with van der Waals surface area (Å²) in [6.07, 6.45) is 10.3. The fourth-order valence-electron chi connectivity index (χ4n) is 7.54. The van der Waals surface area contributed by atoms with E-state index in [0.29, 0.717) is 64.9 Å². The highest BCUT2D eigenvalue weighted by atomic mass is 16.5. The minimum atomic E-state index is -0.175. The molecule has 11 nitrogen and oxygen atoms in total. The summed E-state index contributed by atoms with van der Waals surface area (Å²) in [5.41, 5.74) is 4.92. The maximum absolute atomic E-state index is 13.5. The molecule has 50 heavy (non-hydrogen) atoms. The Morgan fingerprint density at radius 3 is 2.20 bits per heavy atom. The molecule has 1 aliphatic carbocycles. The van der Waals surface area contributed by atoms with E-state index in [1.54, 1.807) is 38.4 Å². The van der Waals surface area contributed by atoms with E-state index in [4.69, 9.17) is 28.7 Å². The normalized spacial score (nSPS) is 20.7. The van der Waals surface area contributed by atoms with Crippen molar-refractivity contribution in [3.63, 3.8) is 0 Å². The number of methoxy groups -OCH3 is 3. The third-order valence-electron chi connectivity index (χ3n) is 10.6. The Balaban J connectivity index is 0.840. The number of nitrogens with zero attached hydrogens (tertiary/aromatic N) is 3. The van der Waals surface area contributed by atoms with Crippen LogP contribution in [0.15, 0.2) is 59.7 Å². The summed E-state index contributed by atoms with van der Waals surface area (Å²) in [4.78, 5) is 35.4. The van der Waals surface area contributed by atoms with Crippen LogP contribution >= 0.6 is 0 Å². The Hall–Kier alpha value is -5.19. The van der Waals surface area contributed by atoms with Crippen LogP contribution in [-0.2, 0) is 0 Å². The first kappa shape index (κ1) is 32.0. The van der Waals surface area contributed by atoms with Crippen LogP contribution in [-0.4, -0.2) is 81.1 Å². The molecule has 11 heteroatoms. The zero-order chi connectivity index (χ0) is 34.4. The van der Waals surface area contributed by atoms with Gasteiger partial charge in [-0.15, -0.1) is 0 Å². The number of hydrogen-bond acceptors (Lipinski definition) is 9. The van der Waals surface area contributed by atoms with E-state index in [2.05, 4.69) is 5.32 Å². The fourth-order valence-corrected chi connectivity index (χ4v) is 7.54. The van der Waals surface area contributed by atoms with Crippen LogP contribution in [0.5, 0.6) is 28.7 Å². The molecule has 3 aromatic rings. The zero-order valence-corrected chi connectivity index (χ0v) is 28.7. The van der Waals surface area contributed by atoms with Gasteiger partial charge in [-0.3, -0.25) is 19.5 Å². The van der Waals surface area contributed by atoms with Gasteiger partial charge in [0, 0.05) is 37.5 Å². The molecule has 2 atom stereocenters. The maximum atomic E-state index is 13.5. The van der Waals surface area contributed by atoms with Crippen molar-refractivity contribution < 1.29 is 33.3 Å². The number of amides is 2. The number of rotatable bonds is 12. The molecule has 260 valence electrons. The van der Waals surface area contributed by atoms with E-state index >= 15 is 0 Å². The van der Waals surface area contributed by atoms with Gasteiger partial charge in [-0.25, -0.2) is 0 Å². The number of unbranched alkanes of at least 4 members (excludes halogenated alkanes) is 2. The van der Waals surface area contributed by atoms with Crippen LogP contribution < -0.4 is 29.0 Å². The van der Waals surface area contributed by atoms with Crippen molar-refractivity contribution in [3.8, 4) is 28.7 Å². The molecular formula is C39H42N4O7. The molecule has 1 spiro atoms. The first-order valence-corrected chi connectivity index (χ1v) is 17.4. The fraction of sp³-hybridized carbons (Fsp3) is 0.410. The van der Waals surface area contributed by atoms with Gasteiger partial charge in [-0.2, -0.15) is 0 Å². The minimum absolute atomic E-state index is 0.0189. The van der Waals surface area contributed by atoms with Crippen LogP contribution in [0.25, 0.3) is 5.57 Å². The number of hydrogen-bond donors (Lipinski definition) is 1. The quantitative estimate of drug-likeness (QED) is 0.211. The third-order valence-corrected chi connectivity index (χ3v) is 10.6. The maximum Gasteiger partial charge on any atom is 0.261 e. The van der Waals surface area contributed by atoms with Gasteiger partial charge in [0.15, 0.2) is 23.0 Å². The predicted octanol–water partition coefficient (Wildman–Crippen LogP) is 6.69. The first-order chi connectivity index (χ1) is 24.4. The molecule has 1 saturated heterocycles. The summed E-state index contributed by atoms with van der Waals surface area (Å²) in [5.74, 6) is 2.97. The Morgan fingerprint density at radius 1 is 0.820 bits per heavy atom. The van der Waals surface area contributed by atoms with Crippen LogP contribution in [0.2, 0.25) is 0 Å². The third kappa shape index (κ3) is 5.88. The van der Waals surface area contributed by atoms with Crippen LogP contribution in [0, 0.1) is 5.41 Å². The second-order valence-electron chi connectivity index (χ2n) is 13.8. The van der Waals surface area contributed by atoms with Gasteiger partial charge in [0.25, 0.3) is 11.8 Å². The van der Waals surface area contributed by atoms with Crippen LogP contribution in [0.3, 0.4) is 0 Å². The van der Waals surface area contributed by atoms with Gasteiger partial charge in [0.1, 0.15) is 11.9 Å². The molecule has 2 fully saturated rings. The Labute approximate surface area is 291 Å². The average molecular weight is 679 g/mol. The molecule has 1 saturated carbocycles. The lowest BCUT2D eigenvalue weighted by molar-refractivity contribution is 0.0764. The summed E-state index contributed by atoms with van der Waals surface area (Å²) in [6, 6.07) is 15.1. The van der Waals surface area contributed by atoms with Crippen molar-refractivity contribution in [2.45, 2.75) is 57.2 Å². The summed E-state index contributed by atoms with van der Waals surface area (Å²) >= 11 is 0. The van der Waals surface area contributed by atoms with Crippen molar-refractivity contribution in [3.05, 3.63) is 71.4 Å². The number of aliphatic imine (C=N–C) groups is 1. The number of ether oxygens (including phenoxy) is 5. The first-order valence-electron chi connectivity index (χ1n) is 17.4. The Morgan fingerprint density at radius 2 is 1.52 bits per heavy atom. The van der Waals surface area contributed by atoms with Gasteiger partial charge >= 0.3 is 0 Å². The molecule has 5 aliphatic rings. The highest BCUT2D eigenvalue weighted by Gasteiger charge is 2.53. The van der Waals surface area contributed by atoms with Crippen molar-refractivity contribution in [2.24, 2.45) is 10.4 Å². The number of benzene rings is 3. The lowest BCUT2D eigenvalue weighted by atomic mass is 10.0. The summed E-state index contributed by atoms with van der Waals surface area (Å²) in [7, 11) is 4.82. The number of carbonyl (C=O) groups is 2. The van der Waals surface area contributed by atoms with Gasteiger partial charge in [-0.1, -0.05) is 12.1 Å². The van der Waals surface area contributed by atoms with Crippen molar-refractivity contribution in [1.82, 2.24) is 9.80 Å². The van der Waals surface area contributed by atoms with Crippen molar-refractivity contribution in [1.29, 1.82) is 0 Å². The van der Waals surface area contributed by atoms with Gasteiger partial charge < -0.3 is 33.9 Å². The van der Waals surface area contributed by atoms with E-state index < -0.39 is 0 Å². The Bertz CT molecular complexity index is 1880. The van der Waals surface area contributed by atoms with E-state index in [0.717, 1.165) is 54.8 Å². The van der Waals surface area contributed by atoms with Crippen molar-refractivity contribution in [2.75, 3.05) is 46.4 Å². The Kier molecular flexibility index (Phi) is 8.28.